The lowest BCUT2D eigenvalue weighted by molar-refractivity contribution is -0.140. The molecule has 0 aliphatic carbocycles. The lowest BCUT2D eigenvalue weighted by Crippen LogP contribution is -2.57. The first-order chi connectivity index (χ1) is 11.7. The predicted molar refractivity (Wildman–Crippen MR) is 99.2 cm³/mol. The van der Waals surface area contributed by atoms with Gasteiger partial charge in [0, 0.05) is 38.6 Å². The van der Waals surface area contributed by atoms with E-state index in [1.54, 1.807) is 0 Å². The maximum Gasteiger partial charge on any atom is 0.267 e. The van der Waals surface area contributed by atoms with E-state index in [0.717, 1.165) is 44.6 Å². The summed E-state index contributed by atoms with van der Waals surface area (Å²) in [6.07, 6.45) is 3.06. The van der Waals surface area contributed by atoms with Gasteiger partial charge in [-0.1, -0.05) is 11.4 Å². The van der Waals surface area contributed by atoms with Crippen molar-refractivity contribution in [1.29, 1.82) is 0 Å². The highest BCUT2D eigenvalue weighted by Gasteiger charge is 2.40. The average Bonchev–Trinajstić information content (AvgIpc) is 3.08. The Morgan fingerprint density at radius 1 is 1.40 bits per heavy atom. The van der Waals surface area contributed by atoms with Crippen LogP contribution in [-0.4, -0.2) is 70.5 Å². The lowest BCUT2D eigenvalue weighted by atomic mass is 9.83. The normalized spacial score (nSPS) is 23.2. The van der Waals surface area contributed by atoms with Gasteiger partial charge in [0.1, 0.15) is 4.88 Å². The number of carbonyl (C=O) groups is 2. The van der Waals surface area contributed by atoms with Gasteiger partial charge in [0.15, 0.2) is 0 Å². The first-order valence-corrected chi connectivity index (χ1v) is 9.47. The third kappa shape index (κ3) is 4.12. The van der Waals surface area contributed by atoms with Gasteiger partial charge in [-0.05, 0) is 43.8 Å². The van der Waals surface area contributed by atoms with Crippen LogP contribution >= 0.6 is 23.9 Å². The van der Waals surface area contributed by atoms with Crippen LogP contribution in [0.2, 0.25) is 0 Å². The molecular formula is C16H26ClN5O2S. The number of nitrogens with one attached hydrogen (secondary N) is 1. The molecule has 0 radical (unpaired) electrons. The van der Waals surface area contributed by atoms with Crippen molar-refractivity contribution in [3.05, 3.63) is 10.6 Å². The number of aromatic nitrogens is 2. The fourth-order valence-corrected chi connectivity index (χ4v) is 4.52. The fraction of sp³-hybridized carbons (Fsp3) is 0.750. The Morgan fingerprint density at radius 3 is 2.92 bits per heavy atom. The molecule has 2 aliphatic heterocycles. The van der Waals surface area contributed by atoms with Crippen LogP contribution in [0.3, 0.4) is 0 Å². The minimum absolute atomic E-state index is 0. The van der Waals surface area contributed by atoms with Crippen molar-refractivity contribution in [2.45, 2.75) is 38.6 Å². The highest BCUT2D eigenvalue weighted by molar-refractivity contribution is 7.08. The van der Waals surface area contributed by atoms with E-state index < -0.39 is 0 Å². The Hall–Kier alpha value is -1.25. The number of nitrogens with zero attached hydrogens (tertiary/aromatic N) is 4. The van der Waals surface area contributed by atoms with E-state index in [4.69, 9.17) is 0 Å². The molecule has 140 valence electrons. The maximum atomic E-state index is 12.8. The second-order valence-electron chi connectivity index (χ2n) is 6.50. The zero-order valence-electron chi connectivity index (χ0n) is 14.7. The highest BCUT2D eigenvalue weighted by atomic mass is 35.5. The van der Waals surface area contributed by atoms with Gasteiger partial charge in [0.25, 0.3) is 5.91 Å². The monoisotopic (exact) mass is 387 g/mol. The van der Waals surface area contributed by atoms with Crippen molar-refractivity contribution in [2.75, 3.05) is 33.2 Å². The number of halogens is 1. The summed E-state index contributed by atoms with van der Waals surface area (Å²) < 4.78 is 3.93. The summed E-state index contributed by atoms with van der Waals surface area (Å²) in [6, 6.07) is 0.272. The van der Waals surface area contributed by atoms with Gasteiger partial charge in [0.05, 0.1) is 5.69 Å². The fourth-order valence-electron chi connectivity index (χ4n) is 3.80. The summed E-state index contributed by atoms with van der Waals surface area (Å²) in [4.78, 5) is 29.7. The Labute approximate surface area is 158 Å². The van der Waals surface area contributed by atoms with Gasteiger partial charge >= 0.3 is 0 Å². The van der Waals surface area contributed by atoms with Crippen LogP contribution in [0.15, 0.2) is 0 Å². The number of amides is 2. The molecule has 0 spiro atoms. The van der Waals surface area contributed by atoms with Gasteiger partial charge in [0.2, 0.25) is 5.91 Å². The zero-order valence-corrected chi connectivity index (χ0v) is 16.4. The number of likely N-dealkylation sites (tertiary alicyclic amines) is 2. The molecule has 9 heteroatoms. The van der Waals surface area contributed by atoms with Crippen LogP contribution in [0, 0.1) is 5.92 Å². The van der Waals surface area contributed by atoms with Crippen LogP contribution < -0.4 is 5.32 Å². The molecule has 3 rings (SSSR count). The number of hydrogen-bond acceptors (Lipinski definition) is 6. The first kappa shape index (κ1) is 20.1. The molecule has 2 aliphatic rings. The minimum Gasteiger partial charge on any atom is -0.338 e. The van der Waals surface area contributed by atoms with Crippen molar-refractivity contribution in [2.24, 2.45) is 5.92 Å². The summed E-state index contributed by atoms with van der Waals surface area (Å²) >= 11 is 1.19. The standard InChI is InChI=1S/C16H25N5O2S.ClH/c1-3-12-15(24-19-18-12)16(23)20-8-6-13-11(10-20)4-5-14(22)21(13)9-7-17-2;/h11,13,17H,3-10H2,1-2H3;1H/t11-,13+;/m0./s1. The number of aryl methyl sites for hydroxylation is 1. The molecule has 2 saturated heterocycles. The smallest absolute Gasteiger partial charge is 0.267 e. The van der Waals surface area contributed by atoms with Crippen LogP contribution in [0.5, 0.6) is 0 Å². The number of piperidine rings is 2. The second kappa shape index (κ2) is 8.91. The molecule has 0 unspecified atom stereocenters. The first-order valence-electron chi connectivity index (χ1n) is 8.70. The molecule has 2 fully saturated rings. The van der Waals surface area contributed by atoms with Gasteiger partial charge in [-0.15, -0.1) is 17.5 Å². The molecule has 1 N–H and O–H groups in total. The Bertz CT molecular complexity index is 611. The number of hydrogen-bond donors (Lipinski definition) is 1. The number of likely N-dealkylation sites (N-methyl/N-ethyl adjacent to an activating group) is 1. The van der Waals surface area contributed by atoms with E-state index in [2.05, 4.69) is 14.9 Å². The van der Waals surface area contributed by atoms with E-state index in [9.17, 15) is 9.59 Å². The third-order valence-electron chi connectivity index (χ3n) is 5.12. The zero-order chi connectivity index (χ0) is 17.1. The number of fused-ring (bicyclic) bond motifs is 1. The molecule has 0 aromatic carbocycles. The molecular weight excluding hydrogens is 362 g/mol. The summed E-state index contributed by atoms with van der Waals surface area (Å²) in [6.45, 7) is 4.98. The SMILES string of the molecule is CCc1nnsc1C(=O)N1CC[C@@H]2[C@@H](CCC(=O)N2CCNC)C1.Cl. The Kier molecular flexibility index (Phi) is 7.15. The minimum atomic E-state index is 0. The summed E-state index contributed by atoms with van der Waals surface area (Å²) in [5, 5.41) is 7.17. The number of carbonyl (C=O) groups excluding carboxylic acids is 2. The summed E-state index contributed by atoms with van der Waals surface area (Å²) in [5.74, 6) is 0.688. The molecule has 0 bridgehead atoms. The molecule has 0 saturated carbocycles. The predicted octanol–water partition coefficient (Wildman–Crippen LogP) is 1.19. The summed E-state index contributed by atoms with van der Waals surface area (Å²) in [7, 11) is 1.90. The van der Waals surface area contributed by atoms with Crippen LogP contribution in [0.1, 0.15) is 41.6 Å². The van der Waals surface area contributed by atoms with E-state index >= 15 is 0 Å². The molecule has 1 aromatic heterocycles. The summed E-state index contributed by atoms with van der Waals surface area (Å²) in [5.41, 5.74) is 0.793. The van der Waals surface area contributed by atoms with Crippen LogP contribution in [0.25, 0.3) is 0 Å². The Morgan fingerprint density at radius 2 is 2.20 bits per heavy atom. The van der Waals surface area contributed by atoms with Crippen molar-refractivity contribution in [1.82, 2.24) is 24.7 Å². The molecule has 1 aromatic rings. The average molecular weight is 388 g/mol. The van der Waals surface area contributed by atoms with E-state index in [-0.39, 0.29) is 30.3 Å². The molecule has 7 nitrogen and oxygen atoms in total. The molecule has 2 amide bonds. The molecule has 25 heavy (non-hydrogen) atoms. The third-order valence-corrected chi connectivity index (χ3v) is 5.87. The van der Waals surface area contributed by atoms with Crippen molar-refractivity contribution < 1.29 is 9.59 Å². The van der Waals surface area contributed by atoms with Gasteiger partial charge in [-0.2, -0.15) is 0 Å². The topological polar surface area (TPSA) is 78.4 Å². The van der Waals surface area contributed by atoms with Gasteiger partial charge < -0.3 is 15.1 Å². The van der Waals surface area contributed by atoms with E-state index in [0.29, 0.717) is 23.8 Å². The largest absolute Gasteiger partial charge is 0.338 e. The van der Waals surface area contributed by atoms with E-state index in [1.807, 2.05) is 23.8 Å². The Balaban J connectivity index is 0.00000225. The quantitative estimate of drug-likeness (QED) is 0.821. The van der Waals surface area contributed by atoms with Crippen molar-refractivity contribution in [3.63, 3.8) is 0 Å². The number of rotatable bonds is 5. The van der Waals surface area contributed by atoms with Gasteiger partial charge in [-0.25, -0.2) is 0 Å². The van der Waals surface area contributed by atoms with Crippen LogP contribution in [0.4, 0.5) is 0 Å². The van der Waals surface area contributed by atoms with Crippen molar-refractivity contribution >= 4 is 35.8 Å². The molecule has 3 heterocycles. The lowest BCUT2D eigenvalue weighted by Gasteiger charge is -2.47. The van der Waals surface area contributed by atoms with Crippen molar-refractivity contribution in [3.8, 4) is 0 Å². The highest BCUT2D eigenvalue weighted by Crippen LogP contribution is 2.32. The van der Waals surface area contributed by atoms with Gasteiger partial charge in [-0.3, -0.25) is 9.59 Å². The van der Waals surface area contributed by atoms with Crippen LogP contribution in [-0.2, 0) is 11.2 Å². The molecule has 2 atom stereocenters. The maximum absolute atomic E-state index is 12.8. The second-order valence-corrected chi connectivity index (χ2v) is 7.25. The van der Waals surface area contributed by atoms with E-state index in [1.165, 1.54) is 11.5 Å².